The molecular formula is C25H23FN6OS. The second-order valence-corrected chi connectivity index (χ2v) is 10.0. The van der Waals surface area contributed by atoms with Gasteiger partial charge in [-0.15, -0.1) is 0 Å². The number of hydrogen-bond acceptors (Lipinski definition) is 7. The molecule has 2 fully saturated rings. The summed E-state index contributed by atoms with van der Waals surface area (Å²) >= 11 is 1.32. The van der Waals surface area contributed by atoms with E-state index < -0.39 is 0 Å². The number of thiazole rings is 1. The highest BCUT2D eigenvalue weighted by molar-refractivity contribution is 7.16. The molecule has 3 aromatic heterocycles. The van der Waals surface area contributed by atoms with Crippen molar-refractivity contribution in [2.75, 3.05) is 29.9 Å². The van der Waals surface area contributed by atoms with Crippen LogP contribution in [0.4, 0.5) is 20.9 Å². The minimum absolute atomic E-state index is 0.282. The highest BCUT2D eigenvalue weighted by Crippen LogP contribution is 2.48. The van der Waals surface area contributed by atoms with Crippen molar-refractivity contribution < 1.29 is 9.50 Å². The molecule has 4 aromatic rings. The molecule has 1 saturated carbocycles. The average Bonchev–Trinajstić information content (AvgIpc) is 3.44. The SMILES string of the molecule is Cc1cc(N2CC(O)C2)cc2c(N(C)c3nc(-c4ccc(F)cc4)c(C#N)s3)c(C3CC3)nn12. The van der Waals surface area contributed by atoms with E-state index in [0.29, 0.717) is 40.3 Å². The summed E-state index contributed by atoms with van der Waals surface area (Å²) in [5.41, 5.74) is 6.39. The molecule has 0 radical (unpaired) electrons. The van der Waals surface area contributed by atoms with Crippen molar-refractivity contribution in [2.45, 2.75) is 31.8 Å². The molecule has 6 rings (SSSR count). The molecule has 1 saturated heterocycles. The van der Waals surface area contributed by atoms with Gasteiger partial charge in [0.15, 0.2) is 5.13 Å². The predicted octanol–water partition coefficient (Wildman–Crippen LogP) is 4.60. The zero-order valence-corrected chi connectivity index (χ0v) is 19.7. The second kappa shape index (κ2) is 7.79. The van der Waals surface area contributed by atoms with Crippen LogP contribution in [0, 0.1) is 24.1 Å². The molecule has 0 amide bonds. The van der Waals surface area contributed by atoms with Gasteiger partial charge in [-0.05, 0) is 56.2 Å². The van der Waals surface area contributed by atoms with Crippen molar-refractivity contribution in [3.8, 4) is 17.3 Å². The van der Waals surface area contributed by atoms with Gasteiger partial charge in [-0.2, -0.15) is 10.4 Å². The molecule has 0 spiro atoms. The Hall–Kier alpha value is -3.48. The average molecular weight is 475 g/mol. The lowest BCUT2D eigenvalue weighted by molar-refractivity contribution is 0.142. The molecule has 7 nitrogen and oxygen atoms in total. The maximum absolute atomic E-state index is 13.4. The molecular weight excluding hydrogens is 451 g/mol. The molecule has 0 unspecified atom stereocenters. The number of aliphatic hydroxyl groups excluding tert-OH is 1. The number of β-amino-alcohol motifs (C(OH)–C–C–N with tert-alkyl or cyclic N) is 1. The normalized spacial score (nSPS) is 16.0. The Bertz CT molecular complexity index is 1440. The molecule has 34 heavy (non-hydrogen) atoms. The molecule has 1 aliphatic heterocycles. The Balaban J connectivity index is 1.47. The fourth-order valence-corrected chi connectivity index (χ4v) is 5.40. The fraction of sp³-hybridized carbons (Fsp3) is 0.320. The number of nitrogens with zero attached hydrogens (tertiary/aromatic N) is 6. The summed E-state index contributed by atoms with van der Waals surface area (Å²) in [5, 5.41) is 25.2. The highest BCUT2D eigenvalue weighted by atomic mass is 32.1. The molecule has 1 N–H and O–H groups in total. The van der Waals surface area contributed by atoms with Crippen LogP contribution in [0.25, 0.3) is 16.8 Å². The molecule has 1 aromatic carbocycles. The van der Waals surface area contributed by atoms with Crippen LogP contribution in [0.5, 0.6) is 0 Å². The molecule has 4 heterocycles. The lowest BCUT2D eigenvalue weighted by atomic mass is 10.1. The van der Waals surface area contributed by atoms with E-state index in [0.717, 1.165) is 41.1 Å². The van der Waals surface area contributed by atoms with Gasteiger partial charge in [0.2, 0.25) is 0 Å². The quantitative estimate of drug-likeness (QED) is 0.455. The highest BCUT2D eigenvalue weighted by Gasteiger charge is 2.34. The van der Waals surface area contributed by atoms with E-state index >= 15 is 0 Å². The van der Waals surface area contributed by atoms with Crippen molar-refractivity contribution in [2.24, 2.45) is 0 Å². The summed E-state index contributed by atoms with van der Waals surface area (Å²) in [5.74, 6) is 0.0918. The number of benzene rings is 1. The van der Waals surface area contributed by atoms with Crippen molar-refractivity contribution in [1.82, 2.24) is 14.6 Å². The number of aliphatic hydroxyl groups is 1. The number of aryl methyl sites for hydroxylation is 1. The van der Waals surface area contributed by atoms with Crippen molar-refractivity contribution >= 4 is 33.4 Å². The van der Waals surface area contributed by atoms with E-state index in [1.54, 1.807) is 12.1 Å². The third-order valence-corrected chi connectivity index (χ3v) is 7.58. The molecule has 2 aliphatic rings. The maximum atomic E-state index is 13.4. The fourth-order valence-electron chi connectivity index (χ4n) is 4.55. The van der Waals surface area contributed by atoms with Gasteiger partial charge >= 0.3 is 0 Å². The first-order valence-corrected chi connectivity index (χ1v) is 12.1. The first-order chi connectivity index (χ1) is 16.4. The smallest absolute Gasteiger partial charge is 0.191 e. The van der Waals surface area contributed by atoms with Crippen LogP contribution in [0.15, 0.2) is 36.4 Å². The number of nitriles is 1. The van der Waals surface area contributed by atoms with Gasteiger partial charge in [-0.3, -0.25) is 0 Å². The van der Waals surface area contributed by atoms with Gasteiger partial charge in [0.25, 0.3) is 0 Å². The lowest BCUT2D eigenvalue weighted by Crippen LogP contribution is -2.50. The first-order valence-electron chi connectivity index (χ1n) is 11.3. The number of fused-ring (bicyclic) bond motifs is 1. The third kappa shape index (κ3) is 3.42. The number of anilines is 3. The van der Waals surface area contributed by atoms with Crippen LogP contribution in [-0.4, -0.2) is 45.9 Å². The topological polar surface area (TPSA) is 80.7 Å². The summed E-state index contributed by atoms with van der Waals surface area (Å²) in [7, 11) is 1.96. The molecule has 1 aliphatic carbocycles. The number of pyridine rings is 1. The summed E-state index contributed by atoms with van der Waals surface area (Å²) < 4.78 is 15.4. The minimum Gasteiger partial charge on any atom is -0.389 e. The largest absolute Gasteiger partial charge is 0.389 e. The van der Waals surface area contributed by atoms with E-state index in [9.17, 15) is 14.8 Å². The van der Waals surface area contributed by atoms with Crippen LogP contribution in [0.2, 0.25) is 0 Å². The van der Waals surface area contributed by atoms with E-state index in [4.69, 9.17) is 10.1 Å². The van der Waals surface area contributed by atoms with Crippen molar-refractivity contribution in [1.29, 1.82) is 5.26 Å². The van der Waals surface area contributed by atoms with Crippen LogP contribution in [0.3, 0.4) is 0 Å². The maximum Gasteiger partial charge on any atom is 0.191 e. The van der Waals surface area contributed by atoms with Gasteiger partial charge < -0.3 is 14.9 Å². The van der Waals surface area contributed by atoms with Gasteiger partial charge in [-0.25, -0.2) is 13.9 Å². The van der Waals surface area contributed by atoms with Gasteiger partial charge in [0, 0.05) is 43.0 Å². The monoisotopic (exact) mass is 474 g/mol. The molecule has 172 valence electrons. The Kier molecular flexibility index (Phi) is 4.83. The van der Waals surface area contributed by atoms with Crippen LogP contribution >= 0.6 is 11.3 Å². The van der Waals surface area contributed by atoms with Crippen LogP contribution < -0.4 is 9.80 Å². The van der Waals surface area contributed by atoms with Gasteiger partial charge in [0.05, 0.1) is 23.0 Å². The molecule has 0 bridgehead atoms. The Labute approximate surface area is 200 Å². The predicted molar refractivity (Wildman–Crippen MR) is 130 cm³/mol. The summed E-state index contributed by atoms with van der Waals surface area (Å²) in [6.07, 6.45) is 1.93. The van der Waals surface area contributed by atoms with Crippen LogP contribution in [-0.2, 0) is 0 Å². The first kappa shape index (κ1) is 21.1. The second-order valence-electron chi connectivity index (χ2n) is 9.07. The Morgan fingerprint density at radius 2 is 1.94 bits per heavy atom. The van der Waals surface area contributed by atoms with E-state index in [1.807, 2.05) is 23.4 Å². The number of halogens is 1. The summed E-state index contributed by atoms with van der Waals surface area (Å²) in [4.78, 5) is 9.48. The van der Waals surface area contributed by atoms with E-state index in [2.05, 4.69) is 23.1 Å². The summed E-state index contributed by atoms with van der Waals surface area (Å²) in [6, 6.07) is 12.6. The van der Waals surface area contributed by atoms with Crippen LogP contribution in [0.1, 0.15) is 35.0 Å². The Morgan fingerprint density at radius 1 is 1.21 bits per heavy atom. The third-order valence-electron chi connectivity index (χ3n) is 6.55. The zero-order valence-electron chi connectivity index (χ0n) is 18.9. The van der Waals surface area contributed by atoms with Gasteiger partial charge in [0.1, 0.15) is 22.5 Å². The van der Waals surface area contributed by atoms with Crippen molar-refractivity contribution in [3.63, 3.8) is 0 Å². The number of rotatable bonds is 5. The standard InChI is InChI=1S/C25H23FN6OS/c1-14-9-18(31-12-19(33)13-31)10-20-24(23(16-3-4-16)29-32(14)20)30(2)25-28-22(21(11-27)34-25)15-5-7-17(26)8-6-15/h5-10,16,19,33H,3-4,12-13H2,1-2H3. The Morgan fingerprint density at radius 3 is 2.59 bits per heavy atom. The summed E-state index contributed by atoms with van der Waals surface area (Å²) in [6.45, 7) is 3.30. The lowest BCUT2D eigenvalue weighted by Gasteiger charge is -2.38. The zero-order chi connectivity index (χ0) is 23.6. The molecule has 0 atom stereocenters. The number of hydrogen-bond donors (Lipinski definition) is 1. The van der Waals surface area contributed by atoms with Crippen molar-refractivity contribution in [3.05, 3.63) is 58.5 Å². The van der Waals surface area contributed by atoms with E-state index in [1.165, 1.54) is 23.5 Å². The molecule has 9 heteroatoms. The number of aromatic nitrogens is 3. The van der Waals surface area contributed by atoms with E-state index in [-0.39, 0.29) is 11.9 Å². The van der Waals surface area contributed by atoms with Gasteiger partial charge in [-0.1, -0.05) is 11.3 Å². The minimum atomic E-state index is -0.323.